The molecule has 3 rings (SSSR count). The average Bonchev–Trinajstić information content (AvgIpc) is 3.19. The Morgan fingerprint density at radius 1 is 1.36 bits per heavy atom. The van der Waals surface area contributed by atoms with Gasteiger partial charge in [0.15, 0.2) is 0 Å². The van der Waals surface area contributed by atoms with Gasteiger partial charge < -0.3 is 5.32 Å². The topological polar surface area (TPSA) is 32.3 Å². The Hall–Kier alpha value is -1.65. The molecule has 1 fully saturated rings. The molecule has 1 amide bonds. The predicted octanol–water partition coefficient (Wildman–Crippen LogP) is 4.22. The van der Waals surface area contributed by atoms with Gasteiger partial charge >= 0.3 is 0 Å². The van der Waals surface area contributed by atoms with Gasteiger partial charge in [0.05, 0.1) is 6.04 Å². The number of nitrogens with one attached hydrogen (secondary N) is 1. The van der Waals surface area contributed by atoms with E-state index in [1.807, 2.05) is 38.1 Å². The lowest BCUT2D eigenvalue weighted by molar-refractivity contribution is -0.121. The second-order valence-electron chi connectivity index (χ2n) is 5.93. The van der Waals surface area contributed by atoms with Crippen LogP contribution < -0.4 is 5.32 Å². The Kier molecular flexibility index (Phi) is 4.60. The van der Waals surface area contributed by atoms with Gasteiger partial charge in [0.25, 0.3) is 0 Å². The first-order chi connectivity index (χ1) is 10.7. The molecule has 0 bridgehead atoms. The summed E-state index contributed by atoms with van der Waals surface area (Å²) in [6.45, 7) is 5.02. The van der Waals surface area contributed by atoms with Crippen molar-refractivity contribution in [2.45, 2.75) is 38.8 Å². The number of likely N-dealkylation sites (tertiary alicyclic amines) is 1. The van der Waals surface area contributed by atoms with Gasteiger partial charge in [0.2, 0.25) is 5.91 Å². The van der Waals surface area contributed by atoms with Crippen molar-refractivity contribution in [3.05, 3.63) is 52.2 Å². The molecule has 0 aliphatic carbocycles. The molecule has 1 saturated heterocycles. The van der Waals surface area contributed by atoms with Gasteiger partial charge in [0, 0.05) is 11.7 Å². The van der Waals surface area contributed by atoms with Gasteiger partial charge in [0.1, 0.15) is 0 Å². The molecule has 4 heteroatoms. The van der Waals surface area contributed by atoms with Crippen LogP contribution in [0.4, 0.5) is 5.69 Å². The number of nitrogens with zero attached hydrogens (tertiary/aromatic N) is 1. The Bertz CT molecular complexity index is 638. The van der Waals surface area contributed by atoms with E-state index in [1.54, 1.807) is 11.3 Å². The van der Waals surface area contributed by atoms with Crippen molar-refractivity contribution in [1.82, 2.24) is 4.90 Å². The summed E-state index contributed by atoms with van der Waals surface area (Å²) >= 11 is 1.73. The maximum absolute atomic E-state index is 12.6. The summed E-state index contributed by atoms with van der Waals surface area (Å²) in [5, 5.41) is 7.39. The summed E-state index contributed by atoms with van der Waals surface area (Å²) in [7, 11) is 0. The van der Waals surface area contributed by atoms with E-state index in [0.717, 1.165) is 30.6 Å². The molecule has 0 radical (unpaired) electrons. The van der Waals surface area contributed by atoms with Gasteiger partial charge in [-0.2, -0.15) is 11.3 Å². The van der Waals surface area contributed by atoms with E-state index in [4.69, 9.17) is 0 Å². The number of carbonyl (C=O) groups is 1. The number of hydrogen-bond donors (Lipinski definition) is 1. The number of anilines is 1. The highest BCUT2D eigenvalue weighted by molar-refractivity contribution is 7.07. The van der Waals surface area contributed by atoms with E-state index in [9.17, 15) is 4.79 Å². The first-order valence-electron chi connectivity index (χ1n) is 7.81. The van der Waals surface area contributed by atoms with Gasteiger partial charge in [-0.25, -0.2) is 0 Å². The first kappa shape index (κ1) is 15.3. The average molecular weight is 314 g/mol. The van der Waals surface area contributed by atoms with Crippen LogP contribution in [-0.4, -0.2) is 23.4 Å². The first-order valence-corrected chi connectivity index (χ1v) is 8.75. The molecule has 2 heterocycles. The lowest BCUT2D eigenvalue weighted by Crippen LogP contribution is -2.41. The maximum atomic E-state index is 12.6. The summed E-state index contributed by atoms with van der Waals surface area (Å²) in [4.78, 5) is 14.9. The minimum absolute atomic E-state index is 0.0800. The van der Waals surface area contributed by atoms with Crippen LogP contribution in [0.2, 0.25) is 0 Å². The van der Waals surface area contributed by atoms with Gasteiger partial charge in [-0.05, 0) is 67.3 Å². The number of benzene rings is 1. The van der Waals surface area contributed by atoms with E-state index in [0.29, 0.717) is 6.04 Å². The van der Waals surface area contributed by atoms with E-state index in [1.165, 1.54) is 5.56 Å². The van der Waals surface area contributed by atoms with Crippen LogP contribution in [0.1, 0.15) is 36.9 Å². The molecule has 1 aromatic heterocycles. The third kappa shape index (κ3) is 3.08. The number of rotatable bonds is 4. The SMILES string of the molecule is Cc1ccccc1NC(=O)[C@@H](C)N1CCC[C@@H]1c1ccsc1. The van der Waals surface area contributed by atoms with Gasteiger partial charge in [-0.15, -0.1) is 0 Å². The fourth-order valence-electron chi connectivity index (χ4n) is 3.18. The number of thiophene rings is 1. The van der Waals surface area contributed by atoms with E-state index in [2.05, 4.69) is 27.0 Å². The minimum Gasteiger partial charge on any atom is -0.324 e. The van der Waals surface area contributed by atoms with Crippen LogP contribution in [0.25, 0.3) is 0 Å². The molecule has 1 aliphatic heterocycles. The summed E-state index contributed by atoms with van der Waals surface area (Å²) in [6, 6.07) is 10.4. The highest BCUT2D eigenvalue weighted by Crippen LogP contribution is 2.34. The van der Waals surface area contributed by atoms with Crippen molar-refractivity contribution in [3.8, 4) is 0 Å². The van der Waals surface area contributed by atoms with Crippen LogP contribution in [0.15, 0.2) is 41.1 Å². The highest BCUT2D eigenvalue weighted by atomic mass is 32.1. The number of aryl methyl sites for hydroxylation is 1. The quantitative estimate of drug-likeness (QED) is 0.916. The zero-order valence-corrected chi connectivity index (χ0v) is 13.9. The summed E-state index contributed by atoms with van der Waals surface area (Å²) in [5.74, 6) is 0.0800. The zero-order valence-electron chi connectivity index (χ0n) is 13.1. The van der Waals surface area contributed by atoms with Crippen molar-refractivity contribution in [1.29, 1.82) is 0 Å². The number of amides is 1. The smallest absolute Gasteiger partial charge is 0.241 e. The maximum Gasteiger partial charge on any atom is 0.241 e. The second-order valence-corrected chi connectivity index (χ2v) is 6.71. The number of para-hydroxylation sites is 1. The molecule has 2 atom stereocenters. The highest BCUT2D eigenvalue weighted by Gasteiger charge is 2.33. The standard InChI is InChI=1S/C18H22N2OS/c1-13-6-3-4-7-16(13)19-18(21)14(2)20-10-5-8-17(20)15-9-11-22-12-15/h3-4,6-7,9,11-12,14,17H,5,8,10H2,1-2H3,(H,19,21)/t14-,17-/m1/s1. The van der Waals surface area contributed by atoms with Crippen LogP contribution in [-0.2, 0) is 4.79 Å². The molecule has 116 valence electrons. The van der Waals surface area contributed by atoms with E-state index >= 15 is 0 Å². The molecular formula is C18H22N2OS. The van der Waals surface area contributed by atoms with Crippen molar-refractivity contribution in [2.24, 2.45) is 0 Å². The largest absolute Gasteiger partial charge is 0.324 e. The van der Waals surface area contributed by atoms with Gasteiger partial charge in [-0.1, -0.05) is 18.2 Å². The summed E-state index contributed by atoms with van der Waals surface area (Å²) in [5.41, 5.74) is 3.35. The Morgan fingerprint density at radius 2 is 2.18 bits per heavy atom. The minimum atomic E-state index is -0.119. The third-order valence-corrected chi connectivity index (χ3v) is 5.20. The predicted molar refractivity (Wildman–Crippen MR) is 92.3 cm³/mol. The van der Waals surface area contributed by atoms with E-state index < -0.39 is 0 Å². The van der Waals surface area contributed by atoms with Gasteiger partial charge in [-0.3, -0.25) is 9.69 Å². The molecule has 0 saturated carbocycles. The molecule has 3 nitrogen and oxygen atoms in total. The van der Waals surface area contributed by atoms with Crippen molar-refractivity contribution >= 4 is 22.9 Å². The summed E-state index contributed by atoms with van der Waals surface area (Å²) in [6.07, 6.45) is 2.29. The van der Waals surface area contributed by atoms with Crippen molar-refractivity contribution in [2.75, 3.05) is 11.9 Å². The lowest BCUT2D eigenvalue weighted by atomic mass is 10.1. The Balaban J connectivity index is 1.71. The van der Waals surface area contributed by atoms with E-state index in [-0.39, 0.29) is 11.9 Å². The van der Waals surface area contributed by atoms with Crippen LogP contribution in [0, 0.1) is 6.92 Å². The molecule has 0 unspecified atom stereocenters. The Morgan fingerprint density at radius 3 is 2.91 bits per heavy atom. The molecule has 2 aromatic rings. The molecular weight excluding hydrogens is 292 g/mol. The van der Waals surface area contributed by atoms with Crippen LogP contribution in [0.3, 0.4) is 0 Å². The Labute approximate surface area is 136 Å². The molecule has 22 heavy (non-hydrogen) atoms. The van der Waals surface area contributed by atoms with Crippen LogP contribution in [0.5, 0.6) is 0 Å². The second kappa shape index (κ2) is 6.63. The number of carbonyl (C=O) groups excluding carboxylic acids is 1. The van der Waals surface area contributed by atoms with Crippen LogP contribution >= 0.6 is 11.3 Å². The lowest BCUT2D eigenvalue weighted by Gasteiger charge is -2.29. The molecule has 0 spiro atoms. The number of hydrogen-bond acceptors (Lipinski definition) is 3. The monoisotopic (exact) mass is 314 g/mol. The fourth-order valence-corrected chi connectivity index (χ4v) is 3.88. The molecule has 1 aromatic carbocycles. The molecule has 1 N–H and O–H groups in total. The zero-order chi connectivity index (χ0) is 15.5. The summed E-state index contributed by atoms with van der Waals surface area (Å²) < 4.78 is 0. The third-order valence-electron chi connectivity index (χ3n) is 4.50. The molecule has 1 aliphatic rings. The fraction of sp³-hybridized carbons (Fsp3) is 0.389. The van der Waals surface area contributed by atoms with Crippen molar-refractivity contribution < 1.29 is 4.79 Å². The normalized spacial score (nSPS) is 20.0. The van der Waals surface area contributed by atoms with Crippen molar-refractivity contribution in [3.63, 3.8) is 0 Å².